The Morgan fingerprint density at radius 1 is 1.33 bits per heavy atom. The summed E-state index contributed by atoms with van der Waals surface area (Å²) in [7, 11) is -3.03. The van der Waals surface area contributed by atoms with Crippen LogP contribution in [-0.4, -0.2) is 19.9 Å². The summed E-state index contributed by atoms with van der Waals surface area (Å²) in [6.07, 6.45) is 0. The Morgan fingerprint density at radius 2 is 1.87 bits per heavy atom. The zero-order valence-corrected chi connectivity index (χ0v) is 10.1. The van der Waals surface area contributed by atoms with Crippen LogP contribution in [0, 0.1) is 0 Å². The fraction of sp³-hybridized carbons (Fsp3) is 0.400. The fourth-order valence-corrected chi connectivity index (χ4v) is 2.30. The molecule has 0 spiro atoms. The van der Waals surface area contributed by atoms with Crippen LogP contribution in [0.15, 0.2) is 24.3 Å². The van der Waals surface area contributed by atoms with Gasteiger partial charge in [0, 0.05) is 16.8 Å². The molecule has 1 aromatic carbocycles. The van der Waals surface area contributed by atoms with Crippen molar-refractivity contribution < 1.29 is 8.42 Å². The monoisotopic (exact) mass is 247 g/mol. The molecule has 1 unspecified atom stereocenters. The molecule has 0 aromatic heterocycles. The molecule has 0 aliphatic heterocycles. The molecule has 0 bridgehead atoms. The van der Waals surface area contributed by atoms with Crippen LogP contribution in [0.5, 0.6) is 0 Å². The molecule has 0 amide bonds. The van der Waals surface area contributed by atoms with Gasteiger partial charge in [-0.15, -0.1) is 0 Å². The first kappa shape index (κ1) is 12.5. The highest BCUT2D eigenvalue weighted by molar-refractivity contribution is 7.91. The van der Waals surface area contributed by atoms with Crippen LogP contribution in [0.2, 0.25) is 5.02 Å². The maximum absolute atomic E-state index is 11.3. The molecule has 0 saturated carbocycles. The lowest BCUT2D eigenvalue weighted by atomic mass is 10.1. The summed E-state index contributed by atoms with van der Waals surface area (Å²) in [5.74, 6) is 0.0966. The Morgan fingerprint density at radius 3 is 2.33 bits per heavy atom. The van der Waals surface area contributed by atoms with E-state index in [1.807, 2.05) is 0 Å². The molecular formula is C10H14ClNO2S. The van der Waals surface area contributed by atoms with E-state index in [1.165, 1.54) is 0 Å². The van der Waals surface area contributed by atoms with Gasteiger partial charge in [0.05, 0.1) is 5.75 Å². The molecule has 5 heteroatoms. The van der Waals surface area contributed by atoms with Crippen molar-refractivity contribution in [3.8, 4) is 0 Å². The number of rotatable bonds is 4. The minimum atomic E-state index is -3.03. The van der Waals surface area contributed by atoms with E-state index in [0.29, 0.717) is 5.02 Å². The van der Waals surface area contributed by atoms with Gasteiger partial charge >= 0.3 is 0 Å². The van der Waals surface area contributed by atoms with Gasteiger partial charge in [-0.3, -0.25) is 0 Å². The third-order valence-electron chi connectivity index (χ3n) is 2.17. The molecule has 3 nitrogen and oxygen atoms in total. The second kappa shape index (κ2) is 4.96. The van der Waals surface area contributed by atoms with E-state index in [1.54, 1.807) is 31.2 Å². The number of hydrogen-bond acceptors (Lipinski definition) is 3. The van der Waals surface area contributed by atoms with Gasteiger partial charge in [0.15, 0.2) is 9.84 Å². The molecule has 2 N–H and O–H groups in total. The largest absolute Gasteiger partial charge is 0.323 e. The summed E-state index contributed by atoms with van der Waals surface area (Å²) in [4.78, 5) is 0. The normalized spacial score (nSPS) is 13.8. The zero-order chi connectivity index (χ0) is 11.5. The van der Waals surface area contributed by atoms with Gasteiger partial charge in [0.25, 0.3) is 0 Å². The van der Waals surface area contributed by atoms with E-state index in [-0.39, 0.29) is 11.5 Å². The lowest BCUT2D eigenvalue weighted by molar-refractivity contribution is 0.590. The molecule has 0 heterocycles. The average Bonchev–Trinajstić information content (AvgIpc) is 2.18. The third kappa shape index (κ3) is 3.81. The summed E-state index contributed by atoms with van der Waals surface area (Å²) < 4.78 is 22.7. The summed E-state index contributed by atoms with van der Waals surface area (Å²) in [6.45, 7) is 1.61. The zero-order valence-electron chi connectivity index (χ0n) is 8.48. The quantitative estimate of drug-likeness (QED) is 0.882. The highest BCUT2D eigenvalue weighted by Crippen LogP contribution is 2.16. The SMILES string of the molecule is CCS(=O)(=O)CC(N)c1ccc(Cl)cc1. The van der Waals surface area contributed by atoms with Crippen LogP contribution in [0.3, 0.4) is 0 Å². The first-order chi connectivity index (χ1) is 6.94. The van der Waals surface area contributed by atoms with Gasteiger partial charge in [-0.1, -0.05) is 30.7 Å². The Balaban J connectivity index is 2.78. The van der Waals surface area contributed by atoms with Gasteiger partial charge in [-0.25, -0.2) is 8.42 Å². The maximum Gasteiger partial charge on any atom is 0.151 e. The lowest BCUT2D eigenvalue weighted by Gasteiger charge is -2.11. The van der Waals surface area contributed by atoms with Crippen LogP contribution in [-0.2, 0) is 9.84 Å². The van der Waals surface area contributed by atoms with Crippen LogP contribution < -0.4 is 5.73 Å². The van der Waals surface area contributed by atoms with Crippen LogP contribution in [0.4, 0.5) is 0 Å². The lowest BCUT2D eigenvalue weighted by Crippen LogP contribution is -2.22. The highest BCUT2D eigenvalue weighted by Gasteiger charge is 2.15. The van der Waals surface area contributed by atoms with E-state index >= 15 is 0 Å². The summed E-state index contributed by atoms with van der Waals surface area (Å²) in [6, 6.07) is 6.42. The molecule has 1 aromatic rings. The molecule has 84 valence electrons. The predicted octanol–water partition coefficient (Wildman–Crippen LogP) is 1.77. The molecule has 0 fully saturated rings. The summed E-state index contributed by atoms with van der Waals surface area (Å²) in [5.41, 5.74) is 6.57. The van der Waals surface area contributed by atoms with Crippen molar-refractivity contribution in [2.45, 2.75) is 13.0 Å². The van der Waals surface area contributed by atoms with Crippen molar-refractivity contribution in [2.24, 2.45) is 5.73 Å². The highest BCUT2D eigenvalue weighted by atomic mass is 35.5. The van der Waals surface area contributed by atoms with Crippen molar-refractivity contribution in [3.05, 3.63) is 34.9 Å². The van der Waals surface area contributed by atoms with Crippen molar-refractivity contribution >= 4 is 21.4 Å². The van der Waals surface area contributed by atoms with E-state index in [2.05, 4.69) is 0 Å². The van der Waals surface area contributed by atoms with Crippen LogP contribution in [0.25, 0.3) is 0 Å². The number of benzene rings is 1. The minimum Gasteiger partial charge on any atom is -0.323 e. The van der Waals surface area contributed by atoms with Crippen LogP contribution >= 0.6 is 11.6 Å². The van der Waals surface area contributed by atoms with Gasteiger partial charge in [-0.2, -0.15) is 0 Å². The molecule has 1 rings (SSSR count). The van der Waals surface area contributed by atoms with Crippen molar-refractivity contribution in [2.75, 3.05) is 11.5 Å². The van der Waals surface area contributed by atoms with Gasteiger partial charge in [0.2, 0.25) is 0 Å². The molecular weight excluding hydrogens is 234 g/mol. The molecule has 1 atom stereocenters. The minimum absolute atomic E-state index is 0.0227. The number of halogens is 1. The Labute approximate surface area is 95.2 Å². The van der Waals surface area contributed by atoms with Gasteiger partial charge in [0.1, 0.15) is 0 Å². The van der Waals surface area contributed by atoms with E-state index in [0.717, 1.165) is 5.56 Å². The Hall–Kier alpha value is -0.580. The molecule has 0 saturated heterocycles. The van der Waals surface area contributed by atoms with E-state index in [9.17, 15) is 8.42 Å². The number of sulfone groups is 1. The smallest absolute Gasteiger partial charge is 0.151 e. The molecule has 0 aliphatic carbocycles. The molecule has 15 heavy (non-hydrogen) atoms. The van der Waals surface area contributed by atoms with Gasteiger partial charge < -0.3 is 5.73 Å². The standard InChI is InChI=1S/C10H14ClNO2S/c1-2-15(13,14)7-10(12)8-3-5-9(11)6-4-8/h3-6,10H,2,7,12H2,1H3. The maximum atomic E-state index is 11.3. The number of hydrogen-bond donors (Lipinski definition) is 1. The number of nitrogens with two attached hydrogens (primary N) is 1. The fourth-order valence-electron chi connectivity index (χ4n) is 1.20. The average molecular weight is 248 g/mol. The van der Waals surface area contributed by atoms with Crippen molar-refractivity contribution in [1.29, 1.82) is 0 Å². The first-order valence-electron chi connectivity index (χ1n) is 4.66. The first-order valence-corrected chi connectivity index (χ1v) is 6.86. The predicted molar refractivity (Wildman–Crippen MR) is 62.7 cm³/mol. The molecule has 0 radical (unpaired) electrons. The Bertz CT molecular complexity index is 414. The second-order valence-corrected chi connectivity index (χ2v) is 6.19. The van der Waals surface area contributed by atoms with Crippen molar-refractivity contribution in [1.82, 2.24) is 0 Å². The molecule has 0 aliphatic rings. The van der Waals surface area contributed by atoms with Gasteiger partial charge in [-0.05, 0) is 17.7 Å². The summed E-state index contributed by atoms with van der Waals surface area (Å²) in [5, 5.41) is 0.615. The third-order valence-corrected chi connectivity index (χ3v) is 4.17. The Kier molecular flexibility index (Phi) is 4.13. The van der Waals surface area contributed by atoms with E-state index in [4.69, 9.17) is 17.3 Å². The second-order valence-electron chi connectivity index (χ2n) is 3.36. The topological polar surface area (TPSA) is 60.2 Å². The summed E-state index contributed by atoms with van der Waals surface area (Å²) >= 11 is 5.72. The van der Waals surface area contributed by atoms with Crippen LogP contribution in [0.1, 0.15) is 18.5 Å². The van der Waals surface area contributed by atoms with Crippen molar-refractivity contribution in [3.63, 3.8) is 0 Å². The van der Waals surface area contributed by atoms with E-state index < -0.39 is 15.9 Å².